The summed E-state index contributed by atoms with van der Waals surface area (Å²) in [4.78, 5) is 1.92. The van der Waals surface area contributed by atoms with E-state index in [4.69, 9.17) is 10.5 Å². The molecule has 2 atom stereocenters. The molecule has 0 saturated heterocycles. The van der Waals surface area contributed by atoms with Crippen LogP contribution in [0.15, 0.2) is 18.2 Å². The van der Waals surface area contributed by atoms with Crippen LogP contribution in [-0.2, 0) is 0 Å². The first-order valence-corrected chi connectivity index (χ1v) is 5.83. The molecule has 1 rings (SSSR count). The van der Waals surface area contributed by atoms with Crippen LogP contribution in [0.3, 0.4) is 0 Å². The fraction of sp³-hybridized carbons (Fsp3) is 0.429. The van der Waals surface area contributed by atoms with Gasteiger partial charge < -0.3 is 10.0 Å². The van der Waals surface area contributed by atoms with E-state index in [0.717, 1.165) is 11.3 Å². The van der Waals surface area contributed by atoms with Gasteiger partial charge in [0.2, 0.25) is 0 Å². The second kappa shape index (κ2) is 6.05. The fourth-order valence-corrected chi connectivity index (χ4v) is 1.78. The summed E-state index contributed by atoms with van der Waals surface area (Å²) in [5.41, 5.74) is 2.11. The molecule has 0 radical (unpaired) electrons. The fourth-order valence-electron chi connectivity index (χ4n) is 1.78. The van der Waals surface area contributed by atoms with E-state index in [9.17, 15) is 5.11 Å². The largest absolute Gasteiger partial charge is 0.389 e. The molecule has 0 spiro atoms. The first-order chi connectivity index (χ1) is 8.51. The zero-order valence-corrected chi connectivity index (χ0v) is 10.9. The van der Waals surface area contributed by atoms with Crippen molar-refractivity contribution in [1.29, 1.82) is 10.5 Å². The van der Waals surface area contributed by atoms with Gasteiger partial charge in [0.05, 0.1) is 30.2 Å². The van der Waals surface area contributed by atoms with Gasteiger partial charge >= 0.3 is 0 Å². The quantitative estimate of drug-likeness (QED) is 0.881. The first kappa shape index (κ1) is 14.0. The zero-order chi connectivity index (χ0) is 13.7. The molecule has 0 bridgehead atoms. The Bertz CT molecular complexity index is 497. The Labute approximate surface area is 108 Å². The number of anilines is 1. The Kier molecular flexibility index (Phi) is 4.71. The summed E-state index contributed by atoms with van der Waals surface area (Å²) in [6.45, 7) is 3.63. The average Bonchev–Trinajstić information content (AvgIpc) is 2.37. The molecule has 0 amide bonds. The van der Waals surface area contributed by atoms with Crippen molar-refractivity contribution in [3.05, 3.63) is 29.3 Å². The summed E-state index contributed by atoms with van der Waals surface area (Å²) in [6.07, 6.45) is -0.212. The number of nitrogens with zero attached hydrogens (tertiary/aromatic N) is 3. The number of nitriles is 2. The third-order valence-electron chi connectivity index (χ3n) is 3.04. The van der Waals surface area contributed by atoms with Crippen LogP contribution in [0, 0.1) is 22.7 Å². The molecule has 1 aromatic carbocycles. The lowest BCUT2D eigenvalue weighted by Crippen LogP contribution is -2.29. The predicted octanol–water partition coefficient (Wildman–Crippen LogP) is 2.35. The van der Waals surface area contributed by atoms with E-state index in [-0.39, 0.29) is 6.04 Å². The van der Waals surface area contributed by atoms with Crippen molar-refractivity contribution in [2.45, 2.75) is 32.4 Å². The van der Waals surface area contributed by atoms with Crippen LogP contribution in [0.1, 0.15) is 37.5 Å². The van der Waals surface area contributed by atoms with Crippen LogP contribution in [0.2, 0.25) is 0 Å². The van der Waals surface area contributed by atoms with E-state index in [0.29, 0.717) is 12.0 Å². The van der Waals surface area contributed by atoms with Gasteiger partial charge in [-0.25, -0.2) is 0 Å². The van der Waals surface area contributed by atoms with Gasteiger partial charge in [-0.3, -0.25) is 0 Å². The minimum Gasteiger partial charge on any atom is -0.389 e. The summed E-state index contributed by atoms with van der Waals surface area (Å²) in [7, 11) is 1.87. The summed E-state index contributed by atoms with van der Waals surface area (Å²) in [5.74, 6) is 0. The first-order valence-electron chi connectivity index (χ1n) is 5.83. The molecule has 0 aliphatic carbocycles. The van der Waals surface area contributed by atoms with E-state index < -0.39 is 6.10 Å². The Balaban J connectivity index is 3.20. The van der Waals surface area contributed by atoms with Gasteiger partial charge in [0.15, 0.2) is 0 Å². The maximum atomic E-state index is 9.75. The molecular weight excluding hydrogens is 226 g/mol. The van der Waals surface area contributed by atoms with Gasteiger partial charge in [-0.15, -0.1) is 0 Å². The Morgan fingerprint density at radius 1 is 1.33 bits per heavy atom. The van der Waals surface area contributed by atoms with Gasteiger partial charge in [0.25, 0.3) is 0 Å². The Hall–Kier alpha value is -2.04. The van der Waals surface area contributed by atoms with E-state index in [1.165, 1.54) is 0 Å². The van der Waals surface area contributed by atoms with Gasteiger partial charge in [-0.1, -0.05) is 6.07 Å². The molecule has 0 heterocycles. The molecule has 0 aromatic heterocycles. The van der Waals surface area contributed by atoms with E-state index in [2.05, 4.69) is 12.1 Å². The summed E-state index contributed by atoms with van der Waals surface area (Å²) < 4.78 is 0. The molecule has 1 N–H and O–H groups in total. The molecule has 0 aliphatic heterocycles. The topological polar surface area (TPSA) is 71.0 Å². The lowest BCUT2D eigenvalue weighted by Gasteiger charge is -2.28. The second-order valence-corrected chi connectivity index (χ2v) is 4.38. The number of rotatable bonds is 4. The van der Waals surface area contributed by atoms with Crippen LogP contribution in [-0.4, -0.2) is 18.2 Å². The number of aliphatic hydroxyl groups is 1. The van der Waals surface area contributed by atoms with Crippen molar-refractivity contribution in [2.75, 3.05) is 11.9 Å². The van der Waals surface area contributed by atoms with Crippen LogP contribution in [0.25, 0.3) is 0 Å². The van der Waals surface area contributed by atoms with Crippen molar-refractivity contribution in [3.8, 4) is 12.1 Å². The third-order valence-corrected chi connectivity index (χ3v) is 3.04. The van der Waals surface area contributed by atoms with E-state index in [1.807, 2.05) is 18.9 Å². The van der Waals surface area contributed by atoms with Crippen molar-refractivity contribution in [2.24, 2.45) is 0 Å². The highest BCUT2D eigenvalue weighted by Gasteiger charge is 2.16. The van der Waals surface area contributed by atoms with Gasteiger partial charge in [0.1, 0.15) is 0 Å². The molecule has 1 aromatic rings. The maximum absolute atomic E-state index is 9.75. The average molecular weight is 243 g/mol. The highest BCUT2D eigenvalue weighted by Crippen LogP contribution is 2.28. The van der Waals surface area contributed by atoms with E-state index >= 15 is 0 Å². The van der Waals surface area contributed by atoms with Gasteiger partial charge in [-0.2, -0.15) is 10.5 Å². The maximum Gasteiger partial charge on any atom is 0.0992 e. The van der Waals surface area contributed by atoms with Gasteiger partial charge in [-0.05, 0) is 26.0 Å². The molecule has 0 saturated carbocycles. The molecule has 18 heavy (non-hydrogen) atoms. The Morgan fingerprint density at radius 3 is 2.50 bits per heavy atom. The predicted molar refractivity (Wildman–Crippen MR) is 69.9 cm³/mol. The monoisotopic (exact) mass is 243 g/mol. The SMILES string of the molecule is CC(O)c1ccc(C#N)cc1N(C)C(C)CC#N. The number of hydrogen-bond donors (Lipinski definition) is 1. The summed E-state index contributed by atoms with van der Waals surface area (Å²) in [6, 6.07) is 9.43. The third kappa shape index (κ3) is 3.00. The molecule has 2 unspecified atom stereocenters. The molecule has 4 heteroatoms. The van der Waals surface area contributed by atoms with Crippen LogP contribution < -0.4 is 4.90 Å². The molecule has 4 nitrogen and oxygen atoms in total. The van der Waals surface area contributed by atoms with Crippen molar-refractivity contribution >= 4 is 5.69 Å². The zero-order valence-electron chi connectivity index (χ0n) is 10.9. The standard InChI is InChI=1S/C14H17N3O/c1-10(6-7-15)17(3)14-8-12(9-16)4-5-13(14)11(2)18/h4-5,8,10-11,18H,6H2,1-3H3. The number of hydrogen-bond acceptors (Lipinski definition) is 4. The molecule has 0 aliphatic rings. The van der Waals surface area contributed by atoms with Gasteiger partial charge in [0, 0.05) is 24.3 Å². The molecule has 0 fully saturated rings. The highest BCUT2D eigenvalue weighted by atomic mass is 16.3. The summed E-state index contributed by atoms with van der Waals surface area (Å²) in [5, 5.41) is 27.4. The second-order valence-electron chi connectivity index (χ2n) is 4.38. The van der Waals surface area contributed by atoms with Crippen LogP contribution in [0.5, 0.6) is 0 Å². The van der Waals surface area contributed by atoms with Crippen LogP contribution in [0.4, 0.5) is 5.69 Å². The van der Waals surface area contributed by atoms with Crippen molar-refractivity contribution in [3.63, 3.8) is 0 Å². The minimum absolute atomic E-state index is 0.0291. The summed E-state index contributed by atoms with van der Waals surface area (Å²) >= 11 is 0. The smallest absolute Gasteiger partial charge is 0.0992 e. The van der Waals surface area contributed by atoms with Crippen molar-refractivity contribution < 1.29 is 5.11 Å². The van der Waals surface area contributed by atoms with Crippen LogP contribution >= 0.6 is 0 Å². The van der Waals surface area contributed by atoms with E-state index in [1.54, 1.807) is 25.1 Å². The highest BCUT2D eigenvalue weighted by molar-refractivity contribution is 5.58. The number of aliphatic hydroxyl groups excluding tert-OH is 1. The Morgan fingerprint density at radius 2 is 2.00 bits per heavy atom. The molecular formula is C14H17N3O. The van der Waals surface area contributed by atoms with Crippen molar-refractivity contribution in [1.82, 2.24) is 0 Å². The lowest BCUT2D eigenvalue weighted by molar-refractivity contribution is 0.199. The minimum atomic E-state index is -0.607. The number of benzene rings is 1. The normalized spacial score (nSPS) is 13.2. The molecule has 94 valence electrons. The lowest BCUT2D eigenvalue weighted by atomic mass is 10.0.